The summed E-state index contributed by atoms with van der Waals surface area (Å²) in [5, 5.41) is 8.50. The van der Waals surface area contributed by atoms with Gasteiger partial charge >= 0.3 is 0 Å². The third-order valence-corrected chi connectivity index (χ3v) is 5.82. The van der Waals surface area contributed by atoms with Crippen molar-refractivity contribution >= 4 is 33.1 Å². The Morgan fingerprint density at radius 3 is 2.71 bits per heavy atom. The molecule has 1 N–H and O–H groups in total. The highest BCUT2D eigenvalue weighted by Gasteiger charge is 2.16. The number of amides is 1. The van der Waals surface area contributed by atoms with Gasteiger partial charge in [0.2, 0.25) is 11.3 Å². The first-order valence-corrected chi connectivity index (χ1v) is 11.0. The van der Waals surface area contributed by atoms with Gasteiger partial charge in [-0.15, -0.1) is 11.3 Å². The van der Waals surface area contributed by atoms with E-state index in [-0.39, 0.29) is 23.0 Å². The molecule has 0 atom stereocenters. The number of nitrogens with zero attached hydrogens (tertiary/aromatic N) is 4. The van der Waals surface area contributed by atoms with Crippen LogP contribution in [-0.4, -0.2) is 25.7 Å². The Hall–Kier alpha value is -4.44. The third kappa shape index (κ3) is 4.26. The number of benzene rings is 2. The van der Waals surface area contributed by atoms with E-state index in [2.05, 4.69) is 20.4 Å². The molecule has 0 saturated heterocycles. The van der Waals surface area contributed by atoms with Crippen LogP contribution in [0.2, 0.25) is 0 Å². The van der Waals surface area contributed by atoms with E-state index in [4.69, 9.17) is 4.74 Å². The fourth-order valence-corrected chi connectivity index (χ4v) is 3.97. The van der Waals surface area contributed by atoms with Crippen LogP contribution in [0.1, 0.15) is 16.1 Å². The van der Waals surface area contributed by atoms with E-state index in [1.807, 2.05) is 42.6 Å². The Labute approximate surface area is 196 Å². The van der Waals surface area contributed by atoms with Crippen molar-refractivity contribution in [2.24, 2.45) is 0 Å². The van der Waals surface area contributed by atoms with Crippen molar-refractivity contribution in [3.05, 3.63) is 99.8 Å². The molecular weight excluding hydrogens is 457 g/mol. The predicted octanol–water partition coefficient (Wildman–Crippen LogP) is 4.73. The molecule has 3 aromatic heterocycles. The van der Waals surface area contributed by atoms with E-state index in [9.17, 15) is 14.0 Å². The molecule has 0 aliphatic carbocycles. The smallest absolute Gasteiger partial charge is 0.280 e. The Bertz CT molecular complexity index is 1580. The van der Waals surface area contributed by atoms with Gasteiger partial charge in [-0.25, -0.2) is 19.0 Å². The molecule has 3 heterocycles. The van der Waals surface area contributed by atoms with Crippen LogP contribution >= 0.6 is 11.3 Å². The van der Waals surface area contributed by atoms with Gasteiger partial charge in [-0.05, 0) is 42.6 Å². The summed E-state index contributed by atoms with van der Waals surface area (Å²) in [6, 6.07) is 14.4. The summed E-state index contributed by atoms with van der Waals surface area (Å²) in [5.74, 6) is -1.29. The number of fused-ring (bicyclic) bond motifs is 1. The number of carbonyl (C=O) groups excluding carboxylic acids is 1. The van der Waals surface area contributed by atoms with Gasteiger partial charge in [0, 0.05) is 24.0 Å². The molecule has 0 bridgehead atoms. The molecule has 0 fully saturated rings. The molecule has 1 amide bonds. The summed E-state index contributed by atoms with van der Waals surface area (Å²) in [4.78, 5) is 33.2. The van der Waals surface area contributed by atoms with Gasteiger partial charge in [0.15, 0.2) is 17.3 Å². The third-order valence-electron chi connectivity index (χ3n) is 4.93. The molecule has 168 valence electrons. The molecular formula is C24H16FN5O3S. The van der Waals surface area contributed by atoms with Crippen LogP contribution in [0.25, 0.3) is 15.9 Å². The van der Waals surface area contributed by atoms with Crippen molar-refractivity contribution in [1.82, 2.24) is 19.7 Å². The van der Waals surface area contributed by atoms with Crippen molar-refractivity contribution in [3.63, 3.8) is 0 Å². The maximum Gasteiger partial charge on any atom is 0.280 e. The van der Waals surface area contributed by atoms with Crippen LogP contribution in [0, 0.1) is 12.7 Å². The van der Waals surface area contributed by atoms with Crippen molar-refractivity contribution in [2.75, 3.05) is 5.32 Å². The number of thiophene rings is 1. The molecule has 5 aromatic rings. The first kappa shape index (κ1) is 21.4. The summed E-state index contributed by atoms with van der Waals surface area (Å²) in [7, 11) is 0. The summed E-state index contributed by atoms with van der Waals surface area (Å²) in [6.07, 6.45) is 2.82. The quantitative estimate of drug-likeness (QED) is 0.396. The minimum atomic E-state index is -0.754. The lowest BCUT2D eigenvalue weighted by molar-refractivity contribution is 0.101. The Kier molecular flexibility index (Phi) is 5.56. The number of aromatic nitrogens is 4. The van der Waals surface area contributed by atoms with Gasteiger partial charge in [-0.1, -0.05) is 17.7 Å². The van der Waals surface area contributed by atoms with E-state index in [0.717, 1.165) is 11.6 Å². The Morgan fingerprint density at radius 1 is 1.09 bits per heavy atom. The van der Waals surface area contributed by atoms with Crippen LogP contribution < -0.4 is 15.5 Å². The summed E-state index contributed by atoms with van der Waals surface area (Å²) in [5.41, 5.74) is 1.74. The largest absolute Gasteiger partial charge is 0.434 e. The number of carbonyl (C=O) groups is 1. The highest BCUT2D eigenvalue weighted by Crippen LogP contribution is 2.32. The van der Waals surface area contributed by atoms with Crippen molar-refractivity contribution in [3.8, 4) is 17.3 Å². The number of hydrogen-bond donors (Lipinski definition) is 1. The van der Waals surface area contributed by atoms with Gasteiger partial charge < -0.3 is 10.1 Å². The van der Waals surface area contributed by atoms with E-state index >= 15 is 0 Å². The average molecular weight is 473 g/mol. The van der Waals surface area contributed by atoms with E-state index < -0.39 is 17.2 Å². The van der Waals surface area contributed by atoms with E-state index in [1.54, 1.807) is 0 Å². The van der Waals surface area contributed by atoms with E-state index in [0.29, 0.717) is 15.9 Å². The molecule has 2 aromatic carbocycles. The zero-order valence-electron chi connectivity index (χ0n) is 17.7. The lowest BCUT2D eigenvalue weighted by Gasteiger charge is -2.10. The second-order valence-electron chi connectivity index (χ2n) is 7.32. The van der Waals surface area contributed by atoms with Crippen LogP contribution in [0.3, 0.4) is 0 Å². The van der Waals surface area contributed by atoms with Gasteiger partial charge in [0.25, 0.3) is 5.91 Å². The van der Waals surface area contributed by atoms with Gasteiger partial charge in [-0.2, -0.15) is 5.10 Å². The van der Waals surface area contributed by atoms with Gasteiger partial charge in [-0.3, -0.25) is 9.59 Å². The first-order valence-electron chi connectivity index (χ1n) is 10.1. The molecule has 0 aliphatic rings. The zero-order chi connectivity index (χ0) is 23.7. The Balaban J connectivity index is 1.36. The minimum Gasteiger partial charge on any atom is -0.434 e. The van der Waals surface area contributed by atoms with Crippen LogP contribution in [-0.2, 0) is 0 Å². The van der Waals surface area contributed by atoms with Gasteiger partial charge in [0.05, 0.1) is 11.2 Å². The lowest BCUT2D eigenvalue weighted by Crippen LogP contribution is -2.25. The highest BCUT2D eigenvalue weighted by molar-refractivity contribution is 7.17. The van der Waals surface area contributed by atoms with Crippen molar-refractivity contribution in [2.45, 2.75) is 6.92 Å². The second-order valence-corrected chi connectivity index (χ2v) is 8.24. The lowest BCUT2D eigenvalue weighted by atomic mass is 10.2. The molecule has 0 saturated carbocycles. The standard InChI is InChI=1S/C24H16FN5O3S/c1-14-2-5-16(6-3-14)30-10-8-19(31)21(29-30)23(32)28-15-4-7-20(17(25)12-15)33-24-22-18(9-11-34-22)26-13-27-24/h2-13H,1H3,(H,28,32). The molecule has 0 spiro atoms. The van der Waals surface area contributed by atoms with E-state index in [1.165, 1.54) is 46.7 Å². The molecule has 0 aliphatic heterocycles. The monoisotopic (exact) mass is 473 g/mol. The number of nitrogens with one attached hydrogen (secondary N) is 1. The Morgan fingerprint density at radius 2 is 1.91 bits per heavy atom. The fourth-order valence-electron chi connectivity index (χ4n) is 3.20. The highest BCUT2D eigenvalue weighted by atomic mass is 32.1. The van der Waals surface area contributed by atoms with Gasteiger partial charge in [0.1, 0.15) is 11.0 Å². The molecule has 34 heavy (non-hydrogen) atoms. The molecule has 0 unspecified atom stereocenters. The summed E-state index contributed by atoms with van der Waals surface area (Å²) >= 11 is 1.38. The first-order chi connectivity index (χ1) is 16.5. The average Bonchev–Trinajstić information content (AvgIpc) is 3.32. The van der Waals surface area contributed by atoms with Crippen LogP contribution in [0.15, 0.2) is 77.3 Å². The minimum absolute atomic E-state index is 0.0639. The van der Waals surface area contributed by atoms with Crippen molar-refractivity contribution < 1.29 is 13.9 Å². The predicted molar refractivity (Wildman–Crippen MR) is 126 cm³/mol. The molecule has 8 nitrogen and oxygen atoms in total. The van der Waals surface area contributed by atoms with Crippen molar-refractivity contribution in [1.29, 1.82) is 0 Å². The number of halogens is 1. The van der Waals surface area contributed by atoms with Crippen LogP contribution in [0.5, 0.6) is 11.6 Å². The summed E-state index contributed by atoms with van der Waals surface area (Å²) in [6.45, 7) is 1.95. The second kappa shape index (κ2) is 8.83. The normalized spacial score (nSPS) is 10.9. The maximum atomic E-state index is 14.7. The SMILES string of the molecule is Cc1ccc(-n2ccc(=O)c(C(=O)Nc3ccc(Oc4ncnc5ccsc45)c(F)c3)n2)cc1. The number of aryl methyl sites for hydroxylation is 1. The summed E-state index contributed by atoms with van der Waals surface area (Å²) < 4.78 is 22.5. The number of hydrogen-bond acceptors (Lipinski definition) is 7. The maximum absolute atomic E-state index is 14.7. The molecule has 0 radical (unpaired) electrons. The fraction of sp³-hybridized carbons (Fsp3) is 0.0417. The number of anilines is 1. The molecule has 10 heteroatoms. The molecule has 5 rings (SSSR count). The van der Waals surface area contributed by atoms with Crippen LogP contribution in [0.4, 0.5) is 10.1 Å². The number of ether oxygens (including phenoxy) is 1. The number of rotatable bonds is 5. The topological polar surface area (TPSA) is 99.0 Å². The zero-order valence-corrected chi connectivity index (χ0v) is 18.5.